The minimum Gasteiger partial charge on any atom is -0.494 e. The molecule has 0 amide bonds. The smallest absolute Gasteiger partial charge is 0.191 e. The SMILES string of the molecule is CN=C(NCCCOc1ccccc1)NCc1ccnc(-n2ccnc2)c1. The van der Waals surface area contributed by atoms with Crippen LogP contribution in [0.25, 0.3) is 5.82 Å². The van der Waals surface area contributed by atoms with Crippen LogP contribution in [0.15, 0.2) is 72.4 Å². The number of nitrogens with zero attached hydrogens (tertiary/aromatic N) is 4. The van der Waals surface area contributed by atoms with Gasteiger partial charge in [0.25, 0.3) is 0 Å². The average molecular weight is 364 g/mol. The molecular formula is C20H24N6O. The summed E-state index contributed by atoms with van der Waals surface area (Å²) < 4.78 is 7.56. The molecule has 27 heavy (non-hydrogen) atoms. The highest BCUT2D eigenvalue weighted by Gasteiger charge is 2.02. The lowest BCUT2D eigenvalue weighted by Gasteiger charge is -2.13. The Hall–Kier alpha value is -3.35. The number of rotatable bonds is 8. The Morgan fingerprint density at radius 1 is 1.15 bits per heavy atom. The van der Waals surface area contributed by atoms with Crippen molar-refractivity contribution in [2.75, 3.05) is 20.2 Å². The van der Waals surface area contributed by atoms with Crippen molar-refractivity contribution in [3.8, 4) is 11.6 Å². The van der Waals surface area contributed by atoms with Gasteiger partial charge in [0, 0.05) is 38.7 Å². The first-order valence-electron chi connectivity index (χ1n) is 8.91. The molecule has 2 heterocycles. The van der Waals surface area contributed by atoms with Crippen LogP contribution in [0.4, 0.5) is 0 Å². The molecule has 0 bridgehead atoms. The van der Waals surface area contributed by atoms with Gasteiger partial charge in [0.2, 0.25) is 0 Å². The number of pyridine rings is 1. The Balaban J connectivity index is 1.40. The maximum atomic E-state index is 5.68. The predicted octanol–water partition coefficient (Wildman–Crippen LogP) is 2.40. The summed E-state index contributed by atoms with van der Waals surface area (Å²) in [6.07, 6.45) is 8.02. The lowest BCUT2D eigenvalue weighted by molar-refractivity contribution is 0.311. The molecule has 7 nitrogen and oxygen atoms in total. The molecule has 140 valence electrons. The molecular weight excluding hydrogens is 340 g/mol. The Bertz CT molecular complexity index is 833. The van der Waals surface area contributed by atoms with Crippen molar-refractivity contribution in [2.24, 2.45) is 4.99 Å². The average Bonchev–Trinajstić information content (AvgIpc) is 3.26. The van der Waals surface area contributed by atoms with Crippen LogP contribution in [0.1, 0.15) is 12.0 Å². The Kier molecular flexibility index (Phi) is 6.80. The van der Waals surface area contributed by atoms with Crippen molar-refractivity contribution in [3.63, 3.8) is 0 Å². The van der Waals surface area contributed by atoms with Gasteiger partial charge >= 0.3 is 0 Å². The van der Waals surface area contributed by atoms with Crippen LogP contribution in [0, 0.1) is 0 Å². The summed E-state index contributed by atoms with van der Waals surface area (Å²) in [7, 11) is 1.76. The van der Waals surface area contributed by atoms with Gasteiger partial charge in [-0.1, -0.05) is 18.2 Å². The molecule has 0 fully saturated rings. The van der Waals surface area contributed by atoms with E-state index in [-0.39, 0.29) is 0 Å². The van der Waals surface area contributed by atoms with Gasteiger partial charge in [-0.3, -0.25) is 9.56 Å². The van der Waals surface area contributed by atoms with Crippen LogP contribution in [-0.4, -0.2) is 40.7 Å². The van der Waals surface area contributed by atoms with Gasteiger partial charge in [-0.15, -0.1) is 0 Å². The Labute approximate surface area is 159 Å². The van der Waals surface area contributed by atoms with Crippen molar-refractivity contribution in [1.82, 2.24) is 25.2 Å². The maximum absolute atomic E-state index is 5.68. The highest BCUT2D eigenvalue weighted by Crippen LogP contribution is 2.08. The summed E-state index contributed by atoms with van der Waals surface area (Å²) in [5.41, 5.74) is 1.11. The number of nitrogens with one attached hydrogen (secondary N) is 2. The number of benzene rings is 1. The molecule has 0 radical (unpaired) electrons. The fourth-order valence-electron chi connectivity index (χ4n) is 2.50. The van der Waals surface area contributed by atoms with Crippen molar-refractivity contribution in [2.45, 2.75) is 13.0 Å². The zero-order valence-corrected chi connectivity index (χ0v) is 15.4. The van der Waals surface area contributed by atoms with Gasteiger partial charge in [-0.25, -0.2) is 9.97 Å². The van der Waals surface area contributed by atoms with Gasteiger partial charge in [-0.05, 0) is 36.2 Å². The molecule has 0 aliphatic carbocycles. The molecule has 0 saturated heterocycles. The Morgan fingerprint density at radius 3 is 2.81 bits per heavy atom. The minimum atomic E-state index is 0.657. The lowest BCUT2D eigenvalue weighted by Crippen LogP contribution is -2.37. The van der Waals surface area contributed by atoms with E-state index in [1.165, 1.54) is 0 Å². The van der Waals surface area contributed by atoms with Crippen LogP contribution >= 0.6 is 0 Å². The van der Waals surface area contributed by atoms with Crippen molar-refractivity contribution in [1.29, 1.82) is 0 Å². The highest BCUT2D eigenvalue weighted by atomic mass is 16.5. The summed E-state index contributed by atoms with van der Waals surface area (Å²) in [5.74, 6) is 2.50. The number of ether oxygens (including phenoxy) is 1. The van der Waals surface area contributed by atoms with E-state index in [4.69, 9.17) is 4.74 Å². The molecule has 2 N–H and O–H groups in total. The first kappa shape index (κ1) is 18.4. The molecule has 0 saturated carbocycles. The highest BCUT2D eigenvalue weighted by molar-refractivity contribution is 5.79. The van der Waals surface area contributed by atoms with E-state index >= 15 is 0 Å². The predicted molar refractivity (Wildman–Crippen MR) is 106 cm³/mol. The van der Waals surface area contributed by atoms with E-state index in [1.807, 2.05) is 53.2 Å². The first-order valence-corrected chi connectivity index (χ1v) is 8.91. The number of aromatic nitrogens is 3. The molecule has 0 aliphatic rings. The molecule has 3 aromatic rings. The molecule has 1 aromatic carbocycles. The molecule has 3 rings (SSSR count). The van der Waals surface area contributed by atoms with E-state index in [9.17, 15) is 0 Å². The first-order chi connectivity index (χ1) is 13.3. The largest absolute Gasteiger partial charge is 0.494 e. The summed E-state index contributed by atoms with van der Waals surface area (Å²) in [6.45, 7) is 2.10. The number of hydrogen-bond donors (Lipinski definition) is 2. The van der Waals surface area contributed by atoms with Crippen LogP contribution in [0.5, 0.6) is 5.75 Å². The van der Waals surface area contributed by atoms with E-state index in [2.05, 4.69) is 25.6 Å². The second-order valence-electron chi connectivity index (χ2n) is 5.86. The number of hydrogen-bond acceptors (Lipinski definition) is 4. The van der Waals surface area contributed by atoms with Crippen molar-refractivity contribution in [3.05, 3.63) is 72.9 Å². The maximum Gasteiger partial charge on any atom is 0.191 e. The third-order valence-corrected chi connectivity index (χ3v) is 3.89. The summed E-state index contributed by atoms with van der Waals surface area (Å²) in [5, 5.41) is 6.61. The third kappa shape index (κ3) is 5.85. The van der Waals surface area contributed by atoms with Gasteiger partial charge in [-0.2, -0.15) is 0 Å². The van der Waals surface area contributed by atoms with Crippen LogP contribution < -0.4 is 15.4 Å². The minimum absolute atomic E-state index is 0.657. The van der Waals surface area contributed by atoms with E-state index < -0.39 is 0 Å². The van der Waals surface area contributed by atoms with Crippen molar-refractivity contribution < 1.29 is 4.74 Å². The second-order valence-corrected chi connectivity index (χ2v) is 5.86. The fraction of sp³-hybridized carbons (Fsp3) is 0.250. The van der Waals surface area contributed by atoms with Crippen molar-refractivity contribution >= 4 is 5.96 Å². The standard InChI is InChI=1S/C20H24N6O/c1-21-20(24-9-5-13-27-18-6-3-2-4-7-18)25-15-17-8-10-23-19(14-17)26-12-11-22-16-26/h2-4,6-8,10-12,14,16H,5,9,13,15H2,1H3,(H2,21,24,25). The monoisotopic (exact) mass is 364 g/mol. The van der Waals surface area contributed by atoms with E-state index in [0.717, 1.165) is 36.1 Å². The summed E-state index contributed by atoms with van der Waals surface area (Å²) in [6, 6.07) is 13.8. The number of para-hydroxylation sites is 1. The number of aliphatic imine (C=N–C) groups is 1. The zero-order valence-electron chi connectivity index (χ0n) is 15.4. The normalized spacial score (nSPS) is 11.2. The molecule has 0 atom stereocenters. The van der Waals surface area contributed by atoms with Gasteiger partial charge in [0.15, 0.2) is 5.96 Å². The molecule has 0 unspecified atom stereocenters. The topological polar surface area (TPSA) is 76.4 Å². The molecule has 0 aliphatic heterocycles. The zero-order chi connectivity index (χ0) is 18.7. The Morgan fingerprint density at radius 2 is 2.04 bits per heavy atom. The van der Waals surface area contributed by atoms with Gasteiger partial charge in [0.1, 0.15) is 17.9 Å². The summed E-state index contributed by atoms with van der Waals surface area (Å²) >= 11 is 0. The van der Waals surface area contributed by atoms with Crippen LogP contribution in [0.3, 0.4) is 0 Å². The molecule has 2 aromatic heterocycles. The molecule has 0 spiro atoms. The lowest BCUT2D eigenvalue weighted by atomic mass is 10.2. The third-order valence-electron chi connectivity index (χ3n) is 3.89. The second kappa shape index (κ2) is 9.96. The van der Waals surface area contributed by atoms with E-state index in [1.54, 1.807) is 25.8 Å². The number of imidazole rings is 1. The fourth-order valence-corrected chi connectivity index (χ4v) is 2.50. The molecule has 7 heteroatoms. The van der Waals surface area contributed by atoms with Crippen LogP contribution in [-0.2, 0) is 6.54 Å². The quantitative estimate of drug-likeness (QED) is 0.365. The van der Waals surface area contributed by atoms with Crippen LogP contribution in [0.2, 0.25) is 0 Å². The van der Waals surface area contributed by atoms with Gasteiger partial charge in [0.05, 0.1) is 6.61 Å². The van der Waals surface area contributed by atoms with E-state index in [0.29, 0.717) is 13.2 Å². The van der Waals surface area contributed by atoms with Gasteiger partial charge < -0.3 is 15.4 Å². The summed E-state index contributed by atoms with van der Waals surface area (Å²) in [4.78, 5) is 12.7. The number of guanidine groups is 1.